The van der Waals surface area contributed by atoms with Gasteiger partial charge in [-0.2, -0.15) is 0 Å². The van der Waals surface area contributed by atoms with Gasteiger partial charge in [0.15, 0.2) is 0 Å². The number of amides is 2. The first kappa shape index (κ1) is 19.9. The molecule has 0 bridgehead atoms. The first-order valence-corrected chi connectivity index (χ1v) is 9.75. The molecule has 0 unspecified atom stereocenters. The van der Waals surface area contributed by atoms with Gasteiger partial charge >= 0.3 is 0 Å². The Morgan fingerprint density at radius 3 is 2.25 bits per heavy atom. The number of anilines is 1. The van der Waals surface area contributed by atoms with Crippen LogP contribution in [0.2, 0.25) is 0 Å². The smallest absolute Gasteiger partial charge is 0.253 e. The largest absolute Gasteiger partial charge is 0.490 e. The van der Waals surface area contributed by atoms with Gasteiger partial charge in [-0.3, -0.25) is 9.59 Å². The monoisotopic (exact) mass is 380 g/mol. The molecule has 2 amide bonds. The molecule has 1 aliphatic heterocycles. The number of piperidine rings is 1. The Hall–Kier alpha value is -2.82. The van der Waals surface area contributed by atoms with Crippen LogP contribution in [0, 0.1) is 20.8 Å². The van der Waals surface area contributed by atoms with Crippen molar-refractivity contribution < 1.29 is 14.3 Å². The Labute approximate surface area is 166 Å². The fourth-order valence-electron chi connectivity index (χ4n) is 3.59. The van der Waals surface area contributed by atoms with Crippen LogP contribution >= 0.6 is 0 Å². The van der Waals surface area contributed by atoms with E-state index in [9.17, 15) is 9.59 Å². The van der Waals surface area contributed by atoms with E-state index in [1.165, 1.54) is 6.92 Å². The highest BCUT2D eigenvalue weighted by Crippen LogP contribution is 2.27. The summed E-state index contributed by atoms with van der Waals surface area (Å²) in [7, 11) is 0. The van der Waals surface area contributed by atoms with E-state index in [0.717, 1.165) is 35.3 Å². The molecular weight excluding hydrogens is 352 g/mol. The second-order valence-electron chi connectivity index (χ2n) is 7.54. The highest BCUT2D eigenvalue weighted by Gasteiger charge is 2.25. The van der Waals surface area contributed by atoms with Crippen LogP contribution in [-0.4, -0.2) is 35.9 Å². The summed E-state index contributed by atoms with van der Waals surface area (Å²) >= 11 is 0. The summed E-state index contributed by atoms with van der Waals surface area (Å²) in [5.41, 5.74) is 4.51. The van der Waals surface area contributed by atoms with Crippen molar-refractivity contribution in [1.29, 1.82) is 0 Å². The predicted molar refractivity (Wildman–Crippen MR) is 111 cm³/mol. The molecule has 148 valence electrons. The number of rotatable bonds is 4. The molecule has 2 aromatic rings. The summed E-state index contributed by atoms with van der Waals surface area (Å²) in [5, 5.41) is 2.79. The topological polar surface area (TPSA) is 58.6 Å². The SMILES string of the molecule is CC(=O)Nc1cc(C(=O)N2CCC(Oc3c(C)cccc3C)CC2)ccc1C. The average molecular weight is 380 g/mol. The molecule has 0 aromatic heterocycles. The molecule has 0 aliphatic carbocycles. The standard InChI is InChI=1S/C23H28N2O3/c1-15-8-9-19(14-21(15)24-18(4)26)23(27)25-12-10-20(11-13-25)28-22-16(2)6-5-7-17(22)3/h5-9,14,20H,10-13H2,1-4H3,(H,24,26). The lowest BCUT2D eigenvalue weighted by atomic mass is 10.0. The molecule has 5 nitrogen and oxygen atoms in total. The lowest BCUT2D eigenvalue weighted by Crippen LogP contribution is -2.41. The third-order valence-electron chi connectivity index (χ3n) is 5.22. The molecule has 28 heavy (non-hydrogen) atoms. The lowest BCUT2D eigenvalue weighted by Gasteiger charge is -2.33. The van der Waals surface area contributed by atoms with Crippen molar-refractivity contribution >= 4 is 17.5 Å². The molecule has 0 atom stereocenters. The molecule has 1 aliphatic rings. The van der Waals surface area contributed by atoms with Crippen LogP contribution in [0.15, 0.2) is 36.4 Å². The Morgan fingerprint density at radius 1 is 1.00 bits per heavy atom. The third-order valence-corrected chi connectivity index (χ3v) is 5.22. The lowest BCUT2D eigenvalue weighted by molar-refractivity contribution is -0.114. The van der Waals surface area contributed by atoms with Crippen molar-refractivity contribution in [2.45, 2.75) is 46.6 Å². The van der Waals surface area contributed by atoms with Crippen molar-refractivity contribution in [3.8, 4) is 5.75 Å². The quantitative estimate of drug-likeness (QED) is 0.862. The van der Waals surface area contributed by atoms with Gasteiger partial charge in [0.2, 0.25) is 5.91 Å². The minimum atomic E-state index is -0.142. The highest BCUT2D eigenvalue weighted by atomic mass is 16.5. The molecule has 1 heterocycles. The van der Waals surface area contributed by atoms with E-state index in [0.29, 0.717) is 24.3 Å². The van der Waals surface area contributed by atoms with Crippen LogP contribution in [0.5, 0.6) is 5.75 Å². The van der Waals surface area contributed by atoms with E-state index in [1.807, 2.05) is 30.0 Å². The maximum atomic E-state index is 12.9. The van der Waals surface area contributed by atoms with Gasteiger partial charge in [0, 0.05) is 44.1 Å². The minimum Gasteiger partial charge on any atom is -0.490 e. The van der Waals surface area contributed by atoms with E-state index in [-0.39, 0.29) is 17.9 Å². The van der Waals surface area contributed by atoms with E-state index in [4.69, 9.17) is 4.74 Å². The maximum Gasteiger partial charge on any atom is 0.253 e. The zero-order valence-corrected chi connectivity index (χ0v) is 17.0. The maximum absolute atomic E-state index is 12.9. The Bertz CT molecular complexity index is 863. The Kier molecular flexibility index (Phi) is 6.02. The number of aryl methyl sites for hydroxylation is 3. The zero-order chi connectivity index (χ0) is 20.3. The number of benzene rings is 2. The number of para-hydroxylation sites is 1. The van der Waals surface area contributed by atoms with Crippen LogP contribution in [0.3, 0.4) is 0 Å². The van der Waals surface area contributed by atoms with E-state index in [1.54, 1.807) is 6.07 Å². The third kappa shape index (κ3) is 4.53. The number of carbonyl (C=O) groups is 2. The van der Waals surface area contributed by atoms with Crippen LogP contribution in [0.1, 0.15) is 46.8 Å². The minimum absolute atomic E-state index is 0.00266. The van der Waals surface area contributed by atoms with Crippen molar-refractivity contribution in [1.82, 2.24) is 4.90 Å². The fraction of sp³-hybridized carbons (Fsp3) is 0.391. The predicted octanol–water partition coefficient (Wildman–Crippen LogP) is 4.25. The van der Waals surface area contributed by atoms with Gasteiger partial charge in [0.05, 0.1) is 0 Å². The summed E-state index contributed by atoms with van der Waals surface area (Å²) in [4.78, 5) is 26.1. The van der Waals surface area contributed by atoms with Crippen LogP contribution in [-0.2, 0) is 4.79 Å². The van der Waals surface area contributed by atoms with E-state index < -0.39 is 0 Å². The fourth-order valence-corrected chi connectivity index (χ4v) is 3.59. The molecule has 0 radical (unpaired) electrons. The molecule has 1 fully saturated rings. The zero-order valence-electron chi connectivity index (χ0n) is 17.0. The summed E-state index contributed by atoms with van der Waals surface area (Å²) in [6, 6.07) is 11.6. The molecule has 0 saturated carbocycles. The summed E-state index contributed by atoms with van der Waals surface area (Å²) < 4.78 is 6.24. The number of nitrogens with zero attached hydrogens (tertiary/aromatic N) is 1. The van der Waals surface area contributed by atoms with Gasteiger partial charge in [-0.15, -0.1) is 0 Å². The van der Waals surface area contributed by atoms with Gasteiger partial charge < -0.3 is 15.0 Å². The van der Waals surface area contributed by atoms with Crippen LogP contribution in [0.25, 0.3) is 0 Å². The molecule has 3 rings (SSSR count). The molecule has 0 spiro atoms. The number of hydrogen-bond donors (Lipinski definition) is 1. The molecular formula is C23H28N2O3. The van der Waals surface area contributed by atoms with Gasteiger partial charge in [0.1, 0.15) is 11.9 Å². The second-order valence-corrected chi connectivity index (χ2v) is 7.54. The normalized spacial score (nSPS) is 14.6. The van der Waals surface area contributed by atoms with Crippen molar-refractivity contribution in [2.24, 2.45) is 0 Å². The average Bonchev–Trinajstić information content (AvgIpc) is 2.66. The Balaban J connectivity index is 1.63. The molecule has 5 heteroatoms. The number of carbonyl (C=O) groups excluding carboxylic acids is 2. The first-order valence-electron chi connectivity index (χ1n) is 9.75. The van der Waals surface area contributed by atoms with Crippen molar-refractivity contribution in [3.05, 3.63) is 58.7 Å². The van der Waals surface area contributed by atoms with Gasteiger partial charge in [0.25, 0.3) is 5.91 Å². The van der Waals surface area contributed by atoms with Crippen molar-refractivity contribution in [3.63, 3.8) is 0 Å². The number of likely N-dealkylation sites (tertiary alicyclic amines) is 1. The molecule has 2 aromatic carbocycles. The summed E-state index contributed by atoms with van der Waals surface area (Å²) in [6.45, 7) is 8.83. The summed E-state index contributed by atoms with van der Waals surface area (Å²) in [5.74, 6) is 0.819. The van der Waals surface area contributed by atoms with Crippen molar-refractivity contribution in [2.75, 3.05) is 18.4 Å². The highest BCUT2D eigenvalue weighted by molar-refractivity contribution is 5.97. The number of ether oxygens (including phenoxy) is 1. The van der Waals surface area contributed by atoms with E-state index >= 15 is 0 Å². The number of hydrogen-bond acceptors (Lipinski definition) is 3. The molecule has 1 N–H and O–H groups in total. The molecule has 1 saturated heterocycles. The van der Waals surface area contributed by atoms with Crippen LogP contribution in [0.4, 0.5) is 5.69 Å². The first-order chi connectivity index (χ1) is 13.3. The van der Waals surface area contributed by atoms with Gasteiger partial charge in [-0.1, -0.05) is 24.3 Å². The Morgan fingerprint density at radius 2 is 1.64 bits per heavy atom. The van der Waals surface area contributed by atoms with Gasteiger partial charge in [-0.05, 0) is 49.6 Å². The van der Waals surface area contributed by atoms with E-state index in [2.05, 4.69) is 31.3 Å². The van der Waals surface area contributed by atoms with Gasteiger partial charge in [-0.25, -0.2) is 0 Å². The van der Waals surface area contributed by atoms with Crippen LogP contribution < -0.4 is 10.1 Å². The summed E-state index contributed by atoms with van der Waals surface area (Å²) in [6.07, 6.45) is 1.74. The second kappa shape index (κ2) is 8.46. The number of nitrogens with one attached hydrogen (secondary N) is 1.